The molecule has 2 rings (SSSR count). The highest BCUT2D eigenvalue weighted by Crippen LogP contribution is 2.42. The molecule has 0 aliphatic heterocycles. The van der Waals surface area contributed by atoms with Crippen molar-refractivity contribution in [2.24, 2.45) is 11.1 Å². The zero-order valence-electron chi connectivity index (χ0n) is 11.4. The number of rotatable bonds is 5. The molecule has 19 heavy (non-hydrogen) atoms. The van der Waals surface area contributed by atoms with E-state index >= 15 is 0 Å². The quantitative estimate of drug-likeness (QED) is 0.760. The lowest BCUT2D eigenvalue weighted by molar-refractivity contribution is -0.125. The number of aromatic hydroxyl groups is 1. The molecule has 0 radical (unpaired) electrons. The SMILES string of the molecule is CC(NC(=O)CC1(CN)CCC1)c1cccc(O)c1. The first-order valence-electron chi connectivity index (χ1n) is 6.83. The third-order valence-electron chi connectivity index (χ3n) is 4.13. The average molecular weight is 262 g/mol. The number of phenols is 1. The molecule has 0 bridgehead atoms. The van der Waals surface area contributed by atoms with Crippen molar-refractivity contribution >= 4 is 5.91 Å². The van der Waals surface area contributed by atoms with Gasteiger partial charge in [-0.2, -0.15) is 0 Å². The number of phenolic OH excluding ortho intramolecular Hbond substituents is 1. The van der Waals surface area contributed by atoms with Crippen LogP contribution in [0.1, 0.15) is 44.2 Å². The van der Waals surface area contributed by atoms with Gasteiger partial charge in [-0.3, -0.25) is 4.79 Å². The summed E-state index contributed by atoms with van der Waals surface area (Å²) in [6, 6.07) is 6.87. The van der Waals surface area contributed by atoms with Crippen molar-refractivity contribution in [3.8, 4) is 5.75 Å². The van der Waals surface area contributed by atoms with Crippen molar-refractivity contribution in [1.82, 2.24) is 5.32 Å². The number of carbonyl (C=O) groups is 1. The van der Waals surface area contributed by atoms with Gasteiger partial charge in [0.25, 0.3) is 0 Å². The van der Waals surface area contributed by atoms with Crippen LogP contribution in [0, 0.1) is 5.41 Å². The Morgan fingerprint density at radius 2 is 2.26 bits per heavy atom. The summed E-state index contributed by atoms with van der Waals surface area (Å²) in [5, 5.41) is 12.4. The lowest BCUT2D eigenvalue weighted by atomic mass is 9.66. The summed E-state index contributed by atoms with van der Waals surface area (Å²) in [5.74, 6) is 0.261. The largest absolute Gasteiger partial charge is 0.508 e. The monoisotopic (exact) mass is 262 g/mol. The van der Waals surface area contributed by atoms with Crippen LogP contribution in [0.2, 0.25) is 0 Å². The first kappa shape index (κ1) is 13.9. The summed E-state index contributed by atoms with van der Waals surface area (Å²) in [5.41, 5.74) is 6.70. The van der Waals surface area contributed by atoms with Gasteiger partial charge in [-0.1, -0.05) is 18.6 Å². The van der Waals surface area contributed by atoms with Crippen LogP contribution < -0.4 is 11.1 Å². The van der Waals surface area contributed by atoms with Crippen LogP contribution in [0.15, 0.2) is 24.3 Å². The minimum atomic E-state index is -0.102. The van der Waals surface area contributed by atoms with Gasteiger partial charge >= 0.3 is 0 Å². The van der Waals surface area contributed by atoms with Crippen LogP contribution in [-0.4, -0.2) is 17.6 Å². The number of nitrogens with one attached hydrogen (secondary N) is 1. The Labute approximate surface area is 114 Å². The highest BCUT2D eigenvalue weighted by molar-refractivity contribution is 5.77. The van der Waals surface area contributed by atoms with Gasteiger partial charge in [0.2, 0.25) is 5.91 Å². The van der Waals surface area contributed by atoms with Crippen LogP contribution in [-0.2, 0) is 4.79 Å². The maximum atomic E-state index is 12.0. The van der Waals surface area contributed by atoms with E-state index in [2.05, 4.69) is 5.32 Å². The van der Waals surface area contributed by atoms with Crippen molar-refractivity contribution in [1.29, 1.82) is 0 Å². The molecule has 0 saturated heterocycles. The van der Waals surface area contributed by atoms with Crippen molar-refractivity contribution in [2.45, 2.75) is 38.6 Å². The predicted octanol–water partition coefficient (Wildman–Crippen LogP) is 2.09. The molecule has 4 nitrogen and oxygen atoms in total. The van der Waals surface area contributed by atoms with E-state index in [1.165, 1.54) is 6.42 Å². The van der Waals surface area contributed by atoms with Gasteiger partial charge in [0.1, 0.15) is 5.75 Å². The van der Waals surface area contributed by atoms with E-state index in [-0.39, 0.29) is 23.1 Å². The summed E-state index contributed by atoms with van der Waals surface area (Å²) < 4.78 is 0. The lowest BCUT2D eigenvalue weighted by Crippen LogP contribution is -2.42. The highest BCUT2D eigenvalue weighted by Gasteiger charge is 2.37. The van der Waals surface area contributed by atoms with Crippen molar-refractivity contribution in [3.63, 3.8) is 0 Å². The molecule has 1 aliphatic carbocycles. The molecule has 4 N–H and O–H groups in total. The Morgan fingerprint density at radius 3 is 2.79 bits per heavy atom. The molecule has 1 aromatic rings. The predicted molar refractivity (Wildman–Crippen MR) is 74.6 cm³/mol. The Balaban J connectivity index is 1.91. The topological polar surface area (TPSA) is 75.4 Å². The van der Waals surface area contributed by atoms with Gasteiger partial charge in [0.05, 0.1) is 6.04 Å². The number of carbonyl (C=O) groups excluding carboxylic acids is 1. The highest BCUT2D eigenvalue weighted by atomic mass is 16.3. The van der Waals surface area contributed by atoms with Gasteiger partial charge in [-0.25, -0.2) is 0 Å². The molecule has 1 saturated carbocycles. The smallest absolute Gasteiger partial charge is 0.221 e. The number of hydrogen-bond acceptors (Lipinski definition) is 3. The molecule has 104 valence electrons. The molecule has 0 spiro atoms. The molecule has 1 fully saturated rings. The first-order chi connectivity index (χ1) is 9.04. The van der Waals surface area contributed by atoms with E-state index in [1.54, 1.807) is 18.2 Å². The van der Waals surface area contributed by atoms with E-state index in [1.807, 2.05) is 13.0 Å². The van der Waals surface area contributed by atoms with Crippen LogP contribution in [0.25, 0.3) is 0 Å². The van der Waals surface area contributed by atoms with E-state index in [0.29, 0.717) is 13.0 Å². The molecule has 1 atom stereocenters. The fourth-order valence-corrected chi connectivity index (χ4v) is 2.64. The van der Waals surface area contributed by atoms with Gasteiger partial charge in [0.15, 0.2) is 0 Å². The molecule has 1 aliphatic rings. The zero-order valence-corrected chi connectivity index (χ0v) is 11.4. The van der Waals surface area contributed by atoms with Crippen LogP contribution in [0.4, 0.5) is 0 Å². The van der Waals surface area contributed by atoms with E-state index in [0.717, 1.165) is 18.4 Å². The molecule has 0 aromatic heterocycles. The summed E-state index contributed by atoms with van der Waals surface area (Å²) in [6.07, 6.45) is 3.79. The van der Waals surface area contributed by atoms with Gasteiger partial charge in [0, 0.05) is 6.42 Å². The average Bonchev–Trinajstić information content (AvgIpc) is 2.34. The number of benzene rings is 1. The van der Waals surface area contributed by atoms with Gasteiger partial charge in [-0.05, 0) is 49.4 Å². The zero-order chi connectivity index (χ0) is 13.9. The maximum Gasteiger partial charge on any atom is 0.221 e. The van der Waals surface area contributed by atoms with Gasteiger partial charge in [-0.15, -0.1) is 0 Å². The van der Waals surface area contributed by atoms with E-state index in [4.69, 9.17) is 5.73 Å². The van der Waals surface area contributed by atoms with Crippen LogP contribution >= 0.6 is 0 Å². The van der Waals surface area contributed by atoms with Crippen LogP contribution in [0.5, 0.6) is 5.75 Å². The third kappa shape index (κ3) is 3.26. The normalized spacial score (nSPS) is 18.4. The Bertz CT molecular complexity index is 450. The lowest BCUT2D eigenvalue weighted by Gasteiger charge is -2.40. The molecule has 4 heteroatoms. The van der Waals surface area contributed by atoms with Crippen molar-refractivity contribution in [3.05, 3.63) is 29.8 Å². The molecular formula is C15H22N2O2. The van der Waals surface area contributed by atoms with Crippen molar-refractivity contribution in [2.75, 3.05) is 6.54 Å². The maximum absolute atomic E-state index is 12.0. The van der Waals surface area contributed by atoms with Crippen molar-refractivity contribution < 1.29 is 9.90 Å². The number of amides is 1. The number of hydrogen-bond donors (Lipinski definition) is 3. The summed E-state index contributed by atoms with van der Waals surface area (Å²) >= 11 is 0. The molecule has 0 heterocycles. The Kier molecular flexibility index (Phi) is 4.10. The van der Waals surface area contributed by atoms with Crippen LogP contribution in [0.3, 0.4) is 0 Å². The van der Waals surface area contributed by atoms with E-state index < -0.39 is 0 Å². The molecule has 1 amide bonds. The molecule has 1 unspecified atom stereocenters. The second kappa shape index (κ2) is 5.61. The standard InChI is InChI=1S/C15H22N2O2/c1-11(12-4-2-5-13(18)8-12)17-14(19)9-15(10-16)6-3-7-15/h2,4-5,8,11,18H,3,6-7,9-10,16H2,1H3,(H,17,19). The second-order valence-corrected chi connectivity index (χ2v) is 5.62. The summed E-state index contributed by atoms with van der Waals surface area (Å²) in [6.45, 7) is 2.50. The van der Waals surface area contributed by atoms with Gasteiger partial charge < -0.3 is 16.2 Å². The first-order valence-corrected chi connectivity index (χ1v) is 6.83. The minimum Gasteiger partial charge on any atom is -0.508 e. The molecular weight excluding hydrogens is 240 g/mol. The fourth-order valence-electron chi connectivity index (χ4n) is 2.64. The third-order valence-corrected chi connectivity index (χ3v) is 4.13. The Morgan fingerprint density at radius 1 is 1.53 bits per heavy atom. The Hall–Kier alpha value is -1.55. The minimum absolute atomic E-state index is 0.0304. The van der Waals surface area contributed by atoms with E-state index in [9.17, 15) is 9.90 Å². The summed E-state index contributed by atoms with van der Waals surface area (Å²) in [7, 11) is 0. The number of nitrogens with two attached hydrogens (primary N) is 1. The second-order valence-electron chi connectivity index (χ2n) is 5.62. The summed E-state index contributed by atoms with van der Waals surface area (Å²) in [4.78, 5) is 12.0. The fraction of sp³-hybridized carbons (Fsp3) is 0.533. The molecule has 1 aromatic carbocycles.